The topological polar surface area (TPSA) is 103 Å². The van der Waals surface area contributed by atoms with Gasteiger partial charge in [0, 0.05) is 43.3 Å². The lowest BCUT2D eigenvalue weighted by Crippen LogP contribution is -2.43. The van der Waals surface area contributed by atoms with Gasteiger partial charge < -0.3 is 15.5 Å². The second-order valence-electron chi connectivity index (χ2n) is 10.9. The van der Waals surface area contributed by atoms with Crippen molar-refractivity contribution in [1.82, 2.24) is 34.6 Å². The summed E-state index contributed by atoms with van der Waals surface area (Å²) in [5, 5.41) is 11.7. The molecule has 5 heterocycles. The first kappa shape index (κ1) is 26.4. The third-order valence-corrected chi connectivity index (χ3v) is 8.15. The number of aliphatic imine (C=N–C) groups is 2. The SMILES string of the molecule is CC1=CN2C(=NCC2c2cnn(CC(=O)NCc3ccccc3)c2)C(=Nc2cc(CN3CCCC(C)C3)ns2)N1. The molecule has 6 rings (SSSR count). The summed E-state index contributed by atoms with van der Waals surface area (Å²) in [5.41, 5.74) is 4.14. The maximum Gasteiger partial charge on any atom is 0.241 e. The fraction of sp³-hybridized carbons (Fsp3) is 0.414. The van der Waals surface area contributed by atoms with Gasteiger partial charge in [-0.1, -0.05) is 37.3 Å². The van der Waals surface area contributed by atoms with Crippen molar-refractivity contribution >= 4 is 34.1 Å². The minimum Gasteiger partial charge on any atom is -0.350 e. The van der Waals surface area contributed by atoms with Crippen LogP contribution in [0.5, 0.6) is 0 Å². The molecular weight excluding hydrogens is 522 g/mol. The zero-order chi connectivity index (χ0) is 27.5. The number of hydrogen-bond acceptors (Lipinski definition) is 8. The Kier molecular flexibility index (Phi) is 7.74. The van der Waals surface area contributed by atoms with Crippen LogP contribution in [0.3, 0.4) is 0 Å². The Labute approximate surface area is 238 Å². The minimum absolute atomic E-state index is 0.00325. The molecule has 0 aliphatic carbocycles. The van der Waals surface area contributed by atoms with Gasteiger partial charge in [-0.15, -0.1) is 0 Å². The van der Waals surface area contributed by atoms with Gasteiger partial charge >= 0.3 is 0 Å². The van der Waals surface area contributed by atoms with Gasteiger partial charge in [0.05, 0.1) is 24.5 Å². The number of fused-ring (bicyclic) bond motifs is 1. The number of rotatable bonds is 8. The summed E-state index contributed by atoms with van der Waals surface area (Å²) in [6.07, 6.45) is 8.40. The minimum atomic E-state index is -0.0760. The molecule has 3 aromatic rings. The number of aromatic nitrogens is 3. The van der Waals surface area contributed by atoms with Gasteiger partial charge in [0.25, 0.3) is 0 Å². The van der Waals surface area contributed by atoms with Crippen molar-refractivity contribution in [3.63, 3.8) is 0 Å². The van der Waals surface area contributed by atoms with Crippen molar-refractivity contribution in [1.29, 1.82) is 0 Å². The molecule has 3 aliphatic heterocycles. The summed E-state index contributed by atoms with van der Waals surface area (Å²) in [4.78, 5) is 26.9. The van der Waals surface area contributed by atoms with Gasteiger partial charge in [-0.3, -0.25) is 19.4 Å². The van der Waals surface area contributed by atoms with Crippen LogP contribution in [0, 0.1) is 5.92 Å². The van der Waals surface area contributed by atoms with Crippen LogP contribution in [0.15, 0.2) is 70.7 Å². The zero-order valence-electron chi connectivity index (χ0n) is 23.0. The predicted molar refractivity (Wildman–Crippen MR) is 157 cm³/mol. The van der Waals surface area contributed by atoms with E-state index in [1.165, 1.54) is 24.4 Å². The van der Waals surface area contributed by atoms with E-state index in [2.05, 4.69) is 49.1 Å². The van der Waals surface area contributed by atoms with Crippen LogP contribution in [-0.2, 0) is 24.4 Å². The molecule has 1 saturated heterocycles. The molecule has 2 atom stereocenters. The van der Waals surface area contributed by atoms with Gasteiger partial charge in [0.15, 0.2) is 11.7 Å². The molecule has 2 N–H and O–H groups in total. The van der Waals surface area contributed by atoms with E-state index in [4.69, 9.17) is 9.98 Å². The molecule has 2 unspecified atom stereocenters. The number of amidine groups is 2. The lowest BCUT2D eigenvalue weighted by atomic mass is 10.0. The van der Waals surface area contributed by atoms with Crippen molar-refractivity contribution < 1.29 is 4.79 Å². The Hall–Kier alpha value is -3.83. The molecule has 0 bridgehead atoms. The van der Waals surface area contributed by atoms with Crippen molar-refractivity contribution in [2.45, 2.75) is 52.4 Å². The lowest BCUT2D eigenvalue weighted by Gasteiger charge is -2.30. The van der Waals surface area contributed by atoms with E-state index in [1.807, 2.05) is 49.6 Å². The number of nitrogens with one attached hydrogen (secondary N) is 2. The van der Waals surface area contributed by atoms with Crippen LogP contribution in [0.4, 0.5) is 5.00 Å². The highest BCUT2D eigenvalue weighted by atomic mass is 32.1. The first-order valence-corrected chi connectivity index (χ1v) is 14.7. The summed E-state index contributed by atoms with van der Waals surface area (Å²) in [7, 11) is 0. The molecule has 1 fully saturated rings. The van der Waals surface area contributed by atoms with E-state index >= 15 is 0 Å². The summed E-state index contributed by atoms with van der Waals surface area (Å²) in [6, 6.07) is 12.0. The highest BCUT2D eigenvalue weighted by molar-refractivity contribution is 7.10. The van der Waals surface area contributed by atoms with Crippen LogP contribution >= 0.6 is 11.5 Å². The summed E-state index contributed by atoms with van der Waals surface area (Å²) >= 11 is 1.43. The standard InChI is InChI=1S/C29H35N9OS/c1-20-7-6-10-36(15-20)18-24-11-27(40-35-24)34-28-29-31-14-25(38(29)16-21(2)33-28)23-13-32-37(17-23)19-26(39)30-12-22-8-4-3-5-9-22/h3-5,8-9,11,13,16-17,20,25H,6-7,10,12,14-15,18-19H2,1-2H3,(H,30,39)(H,33,34). The summed E-state index contributed by atoms with van der Waals surface area (Å²) in [5.74, 6) is 2.21. The number of likely N-dealkylation sites (tertiary alicyclic amines) is 1. The smallest absolute Gasteiger partial charge is 0.241 e. The normalized spacial score (nSPS) is 22.1. The van der Waals surface area contributed by atoms with Gasteiger partial charge in [0.2, 0.25) is 5.91 Å². The van der Waals surface area contributed by atoms with Crippen LogP contribution in [0.1, 0.15) is 49.6 Å². The van der Waals surface area contributed by atoms with E-state index in [-0.39, 0.29) is 18.5 Å². The molecule has 1 aromatic carbocycles. The summed E-state index contributed by atoms with van der Waals surface area (Å²) < 4.78 is 6.36. The summed E-state index contributed by atoms with van der Waals surface area (Å²) in [6.45, 7) is 8.76. The number of allylic oxidation sites excluding steroid dienone is 1. The molecule has 208 valence electrons. The second-order valence-corrected chi connectivity index (χ2v) is 11.6. The number of hydrogen-bond donors (Lipinski definition) is 2. The number of carbonyl (C=O) groups is 1. The van der Waals surface area contributed by atoms with Gasteiger partial charge in [0.1, 0.15) is 11.5 Å². The number of carbonyl (C=O) groups excluding carboxylic acids is 1. The quantitative estimate of drug-likeness (QED) is 0.436. The van der Waals surface area contributed by atoms with E-state index in [0.717, 1.165) is 64.7 Å². The first-order chi connectivity index (χ1) is 19.5. The van der Waals surface area contributed by atoms with E-state index < -0.39 is 0 Å². The average molecular weight is 558 g/mol. The molecule has 1 amide bonds. The van der Waals surface area contributed by atoms with E-state index in [1.54, 1.807) is 4.68 Å². The fourth-order valence-corrected chi connectivity index (χ4v) is 6.14. The lowest BCUT2D eigenvalue weighted by molar-refractivity contribution is -0.122. The van der Waals surface area contributed by atoms with Crippen LogP contribution in [-0.4, -0.2) is 61.2 Å². The first-order valence-electron chi connectivity index (χ1n) is 13.9. The van der Waals surface area contributed by atoms with E-state index in [9.17, 15) is 4.79 Å². The number of amides is 1. The number of nitrogens with zero attached hydrogens (tertiary/aromatic N) is 7. The molecule has 10 nitrogen and oxygen atoms in total. The van der Waals surface area contributed by atoms with Crippen LogP contribution in [0.2, 0.25) is 0 Å². The monoisotopic (exact) mass is 557 g/mol. The Bertz CT molecular complexity index is 1440. The Morgan fingerprint density at radius 2 is 2.15 bits per heavy atom. The largest absolute Gasteiger partial charge is 0.350 e. The highest BCUT2D eigenvalue weighted by Crippen LogP contribution is 2.31. The molecule has 40 heavy (non-hydrogen) atoms. The second kappa shape index (κ2) is 11.7. The molecule has 0 saturated carbocycles. The van der Waals surface area contributed by atoms with Gasteiger partial charge in [-0.05, 0) is 55.4 Å². The molecule has 0 radical (unpaired) electrons. The number of benzene rings is 1. The van der Waals surface area contributed by atoms with Crippen LogP contribution in [0.25, 0.3) is 0 Å². The Morgan fingerprint density at radius 3 is 3.00 bits per heavy atom. The maximum atomic E-state index is 12.5. The molecule has 0 spiro atoms. The fourth-order valence-electron chi connectivity index (χ4n) is 5.50. The van der Waals surface area contributed by atoms with Crippen molar-refractivity contribution in [3.8, 4) is 0 Å². The molecular formula is C29H35N9OS. The number of piperidine rings is 1. The molecule has 3 aliphatic rings. The zero-order valence-corrected chi connectivity index (χ0v) is 23.8. The van der Waals surface area contributed by atoms with Crippen molar-refractivity contribution in [2.75, 3.05) is 19.6 Å². The average Bonchev–Trinajstić information content (AvgIpc) is 3.68. The molecule has 11 heteroatoms. The third kappa shape index (κ3) is 6.15. The van der Waals surface area contributed by atoms with Crippen LogP contribution < -0.4 is 10.6 Å². The Balaban J connectivity index is 1.09. The predicted octanol–water partition coefficient (Wildman–Crippen LogP) is 3.84. The van der Waals surface area contributed by atoms with Gasteiger partial charge in [-0.25, -0.2) is 4.99 Å². The maximum absolute atomic E-state index is 12.5. The molecule has 2 aromatic heterocycles. The third-order valence-electron chi connectivity index (χ3n) is 7.43. The van der Waals surface area contributed by atoms with Crippen molar-refractivity contribution in [3.05, 3.63) is 77.5 Å². The van der Waals surface area contributed by atoms with Gasteiger partial charge in [-0.2, -0.15) is 9.47 Å². The Morgan fingerprint density at radius 1 is 1.27 bits per heavy atom. The van der Waals surface area contributed by atoms with Crippen molar-refractivity contribution in [2.24, 2.45) is 15.9 Å². The van der Waals surface area contributed by atoms with E-state index in [0.29, 0.717) is 13.1 Å². The highest BCUT2D eigenvalue weighted by Gasteiger charge is 2.34.